The van der Waals surface area contributed by atoms with E-state index in [0.29, 0.717) is 26.5 Å². The maximum atomic E-state index is 12.4. The predicted octanol–water partition coefficient (Wildman–Crippen LogP) is 6.21. The molecule has 0 saturated heterocycles. The van der Waals surface area contributed by atoms with E-state index in [0.717, 1.165) is 10.8 Å². The second kappa shape index (κ2) is 7.52. The van der Waals surface area contributed by atoms with Gasteiger partial charge in [-0.3, -0.25) is 4.79 Å². The monoisotopic (exact) mass is 393 g/mol. The van der Waals surface area contributed by atoms with Gasteiger partial charge in [-0.05, 0) is 42.0 Å². The van der Waals surface area contributed by atoms with Gasteiger partial charge in [-0.25, -0.2) is 0 Å². The Bertz CT molecular complexity index is 943. The molecule has 3 aromatic rings. The molecule has 0 radical (unpaired) electrons. The van der Waals surface area contributed by atoms with E-state index in [2.05, 4.69) is 5.32 Å². The number of rotatable bonds is 4. The number of hydrogen-bond donors (Lipinski definition) is 1. The lowest BCUT2D eigenvalue weighted by molar-refractivity contribution is -0.122. The van der Waals surface area contributed by atoms with Crippen LogP contribution in [-0.2, 0) is 4.79 Å². The van der Waals surface area contributed by atoms with Crippen molar-refractivity contribution >= 4 is 57.2 Å². The highest BCUT2D eigenvalue weighted by molar-refractivity contribution is 6.44. The highest BCUT2D eigenvalue weighted by Crippen LogP contribution is 2.32. The summed E-state index contributed by atoms with van der Waals surface area (Å²) in [7, 11) is 0. The summed E-state index contributed by atoms with van der Waals surface area (Å²) in [6.45, 7) is 1.66. The lowest BCUT2D eigenvalue weighted by Crippen LogP contribution is -2.30. The van der Waals surface area contributed by atoms with Gasteiger partial charge in [0.2, 0.25) is 0 Å². The zero-order valence-electron chi connectivity index (χ0n) is 13.2. The molecule has 0 aromatic heterocycles. The average molecular weight is 395 g/mol. The van der Waals surface area contributed by atoms with Crippen LogP contribution in [0.25, 0.3) is 10.8 Å². The van der Waals surface area contributed by atoms with Crippen LogP contribution in [0.3, 0.4) is 0 Å². The Balaban J connectivity index is 1.72. The molecule has 0 aliphatic rings. The zero-order valence-corrected chi connectivity index (χ0v) is 15.5. The molecule has 0 fully saturated rings. The SMILES string of the molecule is CC(Oc1ccc2ccccc2c1)C(=O)Nc1cc(Cl)c(Cl)cc1Cl. The fourth-order valence-electron chi connectivity index (χ4n) is 2.35. The Labute approximate surface area is 160 Å². The molecule has 1 amide bonds. The van der Waals surface area contributed by atoms with Crippen molar-refractivity contribution in [3.63, 3.8) is 0 Å². The van der Waals surface area contributed by atoms with Crippen molar-refractivity contribution in [2.75, 3.05) is 5.32 Å². The fourth-order valence-corrected chi connectivity index (χ4v) is 2.95. The van der Waals surface area contributed by atoms with Crippen molar-refractivity contribution in [3.05, 3.63) is 69.7 Å². The van der Waals surface area contributed by atoms with E-state index < -0.39 is 6.10 Å². The summed E-state index contributed by atoms with van der Waals surface area (Å²) in [5.74, 6) is 0.273. The predicted molar refractivity (Wildman–Crippen MR) is 104 cm³/mol. The van der Waals surface area contributed by atoms with Crippen molar-refractivity contribution in [1.29, 1.82) is 0 Å². The number of ether oxygens (including phenoxy) is 1. The van der Waals surface area contributed by atoms with Gasteiger partial charge >= 0.3 is 0 Å². The Morgan fingerprint density at radius 3 is 2.36 bits per heavy atom. The van der Waals surface area contributed by atoms with E-state index in [1.54, 1.807) is 6.92 Å². The summed E-state index contributed by atoms with van der Waals surface area (Å²) in [5, 5.41) is 5.78. The zero-order chi connectivity index (χ0) is 18.0. The summed E-state index contributed by atoms with van der Waals surface area (Å²) in [6, 6.07) is 16.6. The molecule has 0 saturated carbocycles. The highest BCUT2D eigenvalue weighted by atomic mass is 35.5. The molecular formula is C19H14Cl3NO2. The van der Waals surface area contributed by atoms with Crippen LogP contribution in [0.4, 0.5) is 5.69 Å². The second-order valence-corrected chi connectivity index (χ2v) is 6.73. The number of anilines is 1. The van der Waals surface area contributed by atoms with E-state index in [4.69, 9.17) is 39.5 Å². The van der Waals surface area contributed by atoms with Crippen LogP contribution >= 0.6 is 34.8 Å². The van der Waals surface area contributed by atoms with Crippen molar-refractivity contribution in [1.82, 2.24) is 0 Å². The lowest BCUT2D eigenvalue weighted by atomic mass is 10.1. The number of halogens is 3. The van der Waals surface area contributed by atoms with Gasteiger partial charge in [0, 0.05) is 0 Å². The summed E-state index contributed by atoms with van der Waals surface area (Å²) in [5.41, 5.74) is 0.384. The molecule has 3 rings (SSSR count). The molecule has 0 spiro atoms. The maximum absolute atomic E-state index is 12.4. The minimum absolute atomic E-state index is 0.306. The van der Waals surface area contributed by atoms with Crippen molar-refractivity contribution in [3.8, 4) is 5.75 Å². The van der Waals surface area contributed by atoms with Crippen LogP contribution in [0.2, 0.25) is 15.1 Å². The Hall–Kier alpha value is -1.94. The quantitative estimate of drug-likeness (QED) is 0.534. The fraction of sp³-hybridized carbons (Fsp3) is 0.105. The third kappa shape index (κ3) is 4.18. The van der Waals surface area contributed by atoms with Gasteiger partial charge in [-0.1, -0.05) is 65.1 Å². The number of benzene rings is 3. The summed E-state index contributed by atoms with van der Waals surface area (Å²) < 4.78 is 5.74. The molecule has 25 heavy (non-hydrogen) atoms. The first kappa shape index (κ1) is 17.9. The van der Waals surface area contributed by atoms with Gasteiger partial charge in [0.1, 0.15) is 5.75 Å². The van der Waals surface area contributed by atoms with Crippen molar-refractivity contribution in [2.24, 2.45) is 0 Å². The van der Waals surface area contributed by atoms with E-state index in [9.17, 15) is 4.79 Å². The molecule has 0 bridgehead atoms. The van der Waals surface area contributed by atoms with Crippen LogP contribution in [0.5, 0.6) is 5.75 Å². The Morgan fingerprint density at radius 2 is 1.60 bits per heavy atom. The molecule has 3 aromatic carbocycles. The smallest absolute Gasteiger partial charge is 0.265 e. The molecule has 1 unspecified atom stereocenters. The Morgan fingerprint density at radius 1 is 0.920 bits per heavy atom. The molecule has 0 aliphatic carbocycles. The molecule has 1 atom stereocenters. The molecule has 0 aliphatic heterocycles. The van der Waals surface area contributed by atoms with Gasteiger partial charge in [0.25, 0.3) is 5.91 Å². The normalized spacial score (nSPS) is 12.0. The molecule has 6 heteroatoms. The van der Waals surface area contributed by atoms with Crippen LogP contribution in [0.15, 0.2) is 54.6 Å². The number of hydrogen-bond acceptors (Lipinski definition) is 2. The number of nitrogens with one attached hydrogen (secondary N) is 1. The first-order valence-electron chi connectivity index (χ1n) is 7.55. The second-order valence-electron chi connectivity index (χ2n) is 5.50. The molecule has 3 nitrogen and oxygen atoms in total. The minimum atomic E-state index is -0.716. The Kier molecular flexibility index (Phi) is 5.38. The molecule has 128 valence electrons. The summed E-state index contributed by atoms with van der Waals surface area (Å²) >= 11 is 17.9. The first-order chi connectivity index (χ1) is 11.9. The van der Waals surface area contributed by atoms with Gasteiger partial charge in [0.05, 0.1) is 20.8 Å². The van der Waals surface area contributed by atoms with Crippen molar-refractivity contribution in [2.45, 2.75) is 13.0 Å². The van der Waals surface area contributed by atoms with E-state index in [-0.39, 0.29) is 5.91 Å². The summed E-state index contributed by atoms with van der Waals surface area (Å²) in [6.07, 6.45) is -0.716. The topological polar surface area (TPSA) is 38.3 Å². The van der Waals surface area contributed by atoms with Gasteiger partial charge in [-0.2, -0.15) is 0 Å². The number of carbonyl (C=O) groups is 1. The highest BCUT2D eigenvalue weighted by Gasteiger charge is 2.17. The third-order valence-electron chi connectivity index (χ3n) is 3.67. The number of fused-ring (bicyclic) bond motifs is 1. The van der Waals surface area contributed by atoms with Crippen LogP contribution in [0, 0.1) is 0 Å². The average Bonchev–Trinajstić information content (AvgIpc) is 2.59. The van der Waals surface area contributed by atoms with E-state index in [1.165, 1.54) is 12.1 Å². The van der Waals surface area contributed by atoms with Crippen molar-refractivity contribution < 1.29 is 9.53 Å². The van der Waals surface area contributed by atoms with Crippen LogP contribution in [0.1, 0.15) is 6.92 Å². The third-order valence-corrected chi connectivity index (χ3v) is 4.71. The van der Waals surface area contributed by atoms with Gasteiger partial charge in [0.15, 0.2) is 6.10 Å². The van der Waals surface area contributed by atoms with E-state index >= 15 is 0 Å². The van der Waals surface area contributed by atoms with E-state index in [1.807, 2.05) is 42.5 Å². The minimum Gasteiger partial charge on any atom is -0.481 e. The van der Waals surface area contributed by atoms with Crippen LogP contribution in [-0.4, -0.2) is 12.0 Å². The molecule has 0 heterocycles. The lowest BCUT2D eigenvalue weighted by Gasteiger charge is -2.16. The number of carbonyl (C=O) groups excluding carboxylic acids is 1. The standard InChI is InChI=1S/C19H14Cl3NO2/c1-11(19(24)23-18-10-16(21)15(20)9-17(18)22)25-14-7-6-12-4-2-3-5-13(12)8-14/h2-11H,1H3,(H,23,24). The maximum Gasteiger partial charge on any atom is 0.265 e. The largest absolute Gasteiger partial charge is 0.481 e. The summed E-state index contributed by atoms with van der Waals surface area (Å²) in [4.78, 5) is 12.4. The van der Waals surface area contributed by atoms with Gasteiger partial charge < -0.3 is 10.1 Å². The van der Waals surface area contributed by atoms with Gasteiger partial charge in [-0.15, -0.1) is 0 Å². The first-order valence-corrected chi connectivity index (χ1v) is 8.68. The molecule has 1 N–H and O–H groups in total. The molecular weight excluding hydrogens is 381 g/mol. The number of amides is 1. The van der Waals surface area contributed by atoms with Crippen LogP contribution < -0.4 is 10.1 Å².